The average Bonchev–Trinajstić information content (AvgIpc) is 2.73. The molecule has 1 heterocycles. The summed E-state index contributed by atoms with van der Waals surface area (Å²) in [6.07, 6.45) is 0. The Morgan fingerprint density at radius 3 is 2.52 bits per heavy atom. The van der Waals surface area contributed by atoms with E-state index < -0.39 is 5.54 Å². The fourth-order valence-electron chi connectivity index (χ4n) is 2.03. The number of aromatic nitrogens is 1. The molecule has 1 aromatic carbocycles. The van der Waals surface area contributed by atoms with Crippen LogP contribution in [-0.4, -0.2) is 10.9 Å². The zero-order valence-electron chi connectivity index (χ0n) is 13.1. The molecule has 0 aliphatic rings. The lowest BCUT2D eigenvalue weighted by Gasteiger charge is -2.24. The van der Waals surface area contributed by atoms with E-state index in [1.165, 1.54) is 4.88 Å². The number of hydrogen-bond acceptors (Lipinski definition) is 4. The Hall–Kier alpha value is -1.88. The summed E-state index contributed by atoms with van der Waals surface area (Å²) in [5, 5.41) is 3.96. The molecule has 3 N–H and O–H groups in total. The van der Waals surface area contributed by atoms with E-state index in [9.17, 15) is 4.79 Å². The number of nitrogens with two attached hydrogens (primary N) is 1. The van der Waals surface area contributed by atoms with Crippen molar-refractivity contribution in [3.63, 3.8) is 0 Å². The molecule has 1 aromatic heterocycles. The summed E-state index contributed by atoms with van der Waals surface area (Å²) >= 11 is 1.62. The van der Waals surface area contributed by atoms with Crippen LogP contribution in [0.15, 0.2) is 18.2 Å². The number of hydrogen-bond donors (Lipinski definition) is 2. The van der Waals surface area contributed by atoms with E-state index in [4.69, 9.17) is 5.73 Å². The summed E-state index contributed by atoms with van der Waals surface area (Å²) in [4.78, 5) is 18.2. The molecule has 0 fully saturated rings. The van der Waals surface area contributed by atoms with Gasteiger partial charge in [0.05, 0.1) is 11.2 Å². The van der Waals surface area contributed by atoms with E-state index in [1.54, 1.807) is 23.5 Å². The van der Waals surface area contributed by atoms with Gasteiger partial charge in [-0.25, -0.2) is 4.98 Å². The van der Waals surface area contributed by atoms with Crippen molar-refractivity contribution in [3.8, 4) is 0 Å². The lowest BCUT2D eigenvalue weighted by molar-refractivity contribution is 0.0911. The van der Waals surface area contributed by atoms with Gasteiger partial charge in [0.1, 0.15) is 5.01 Å². The molecule has 112 valence electrons. The van der Waals surface area contributed by atoms with Gasteiger partial charge in [0.15, 0.2) is 0 Å². The van der Waals surface area contributed by atoms with Gasteiger partial charge in [-0.2, -0.15) is 0 Å². The van der Waals surface area contributed by atoms with Crippen molar-refractivity contribution in [2.24, 2.45) is 0 Å². The van der Waals surface area contributed by atoms with Gasteiger partial charge in [0.2, 0.25) is 0 Å². The first kappa shape index (κ1) is 15.5. The summed E-state index contributed by atoms with van der Waals surface area (Å²) in [6.45, 7) is 9.85. The van der Waals surface area contributed by atoms with Crippen molar-refractivity contribution in [1.29, 1.82) is 0 Å². The topological polar surface area (TPSA) is 68.0 Å². The summed E-state index contributed by atoms with van der Waals surface area (Å²) in [5.41, 5.74) is 8.37. The number of amides is 1. The third-order valence-electron chi connectivity index (χ3n) is 3.50. The van der Waals surface area contributed by atoms with Crippen molar-refractivity contribution in [2.45, 2.75) is 40.2 Å². The highest BCUT2D eigenvalue weighted by atomic mass is 32.1. The first-order valence-corrected chi connectivity index (χ1v) is 7.65. The maximum Gasteiger partial charge on any atom is 0.252 e. The number of benzene rings is 1. The molecule has 2 aromatic rings. The quantitative estimate of drug-likeness (QED) is 0.855. The van der Waals surface area contributed by atoms with Gasteiger partial charge in [-0.15, -0.1) is 11.3 Å². The highest BCUT2D eigenvalue weighted by Gasteiger charge is 2.28. The third-order valence-corrected chi connectivity index (χ3v) is 4.89. The zero-order chi connectivity index (χ0) is 15.8. The van der Waals surface area contributed by atoms with E-state index in [1.807, 2.05) is 40.7 Å². The number of nitrogen functional groups attached to an aromatic ring is 1. The van der Waals surface area contributed by atoms with Crippen molar-refractivity contribution >= 4 is 22.9 Å². The minimum absolute atomic E-state index is 0.129. The Balaban J connectivity index is 2.27. The van der Waals surface area contributed by atoms with Gasteiger partial charge in [0.25, 0.3) is 5.91 Å². The van der Waals surface area contributed by atoms with Crippen LogP contribution in [0.2, 0.25) is 0 Å². The predicted molar refractivity (Wildman–Crippen MR) is 87.7 cm³/mol. The fourth-order valence-corrected chi connectivity index (χ4v) is 3.00. The van der Waals surface area contributed by atoms with Crippen LogP contribution < -0.4 is 11.1 Å². The lowest BCUT2D eigenvalue weighted by atomic mass is 10.0. The number of carbonyl (C=O) groups is 1. The molecule has 4 nitrogen and oxygen atoms in total. The molecule has 0 unspecified atom stereocenters. The van der Waals surface area contributed by atoms with Crippen LogP contribution in [0, 0.1) is 20.8 Å². The summed E-state index contributed by atoms with van der Waals surface area (Å²) in [5.74, 6) is -0.129. The Labute approximate surface area is 129 Å². The Bertz CT molecular complexity index is 669. The molecule has 21 heavy (non-hydrogen) atoms. The van der Waals surface area contributed by atoms with E-state index in [-0.39, 0.29) is 5.91 Å². The molecule has 0 saturated heterocycles. The van der Waals surface area contributed by atoms with Gasteiger partial charge < -0.3 is 11.1 Å². The van der Waals surface area contributed by atoms with Crippen LogP contribution in [-0.2, 0) is 5.54 Å². The first-order chi connectivity index (χ1) is 9.70. The molecular weight excluding hydrogens is 282 g/mol. The summed E-state index contributed by atoms with van der Waals surface area (Å²) < 4.78 is 0. The zero-order valence-corrected chi connectivity index (χ0v) is 13.9. The second-order valence-electron chi connectivity index (χ2n) is 5.81. The van der Waals surface area contributed by atoms with Crippen molar-refractivity contribution < 1.29 is 4.79 Å². The molecule has 0 radical (unpaired) electrons. The SMILES string of the molecule is Cc1ccc(N)cc1C(=O)NC(C)(C)c1nc(C)c(C)s1. The molecule has 0 bridgehead atoms. The van der Waals surface area contributed by atoms with Gasteiger partial charge >= 0.3 is 0 Å². The van der Waals surface area contributed by atoms with Crippen LogP contribution in [0.25, 0.3) is 0 Å². The molecule has 0 aliphatic heterocycles. The second-order valence-corrected chi connectivity index (χ2v) is 7.02. The number of rotatable bonds is 3. The third kappa shape index (κ3) is 3.24. The fraction of sp³-hybridized carbons (Fsp3) is 0.375. The highest BCUT2D eigenvalue weighted by Crippen LogP contribution is 2.27. The van der Waals surface area contributed by atoms with Crippen molar-refractivity contribution in [3.05, 3.63) is 44.9 Å². The van der Waals surface area contributed by atoms with Crippen LogP contribution >= 0.6 is 11.3 Å². The molecule has 0 atom stereocenters. The van der Waals surface area contributed by atoms with Crippen LogP contribution in [0.3, 0.4) is 0 Å². The largest absolute Gasteiger partial charge is 0.399 e. The molecule has 0 aliphatic carbocycles. The van der Waals surface area contributed by atoms with Crippen LogP contribution in [0.4, 0.5) is 5.69 Å². The number of thiazole rings is 1. The number of anilines is 1. The Kier molecular flexibility index (Phi) is 4.05. The van der Waals surface area contributed by atoms with Crippen LogP contribution in [0.1, 0.15) is 45.3 Å². The normalized spacial score (nSPS) is 11.5. The Morgan fingerprint density at radius 1 is 1.29 bits per heavy atom. The number of nitrogens with zero attached hydrogens (tertiary/aromatic N) is 1. The van der Waals surface area contributed by atoms with E-state index >= 15 is 0 Å². The first-order valence-electron chi connectivity index (χ1n) is 6.84. The monoisotopic (exact) mass is 303 g/mol. The summed E-state index contributed by atoms with van der Waals surface area (Å²) in [6, 6.07) is 5.36. The smallest absolute Gasteiger partial charge is 0.252 e. The minimum atomic E-state index is -0.516. The van der Waals surface area contributed by atoms with E-state index in [2.05, 4.69) is 10.3 Å². The molecular formula is C16H21N3OS. The average molecular weight is 303 g/mol. The van der Waals surface area contributed by atoms with Crippen molar-refractivity contribution in [2.75, 3.05) is 5.73 Å². The molecule has 5 heteroatoms. The van der Waals surface area contributed by atoms with Gasteiger partial charge in [-0.05, 0) is 52.3 Å². The Morgan fingerprint density at radius 2 is 1.95 bits per heavy atom. The molecule has 1 amide bonds. The highest BCUT2D eigenvalue weighted by molar-refractivity contribution is 7.11. The summed E-state index contributed by atoms with van der Waals surface area (Å²) in [7, 11) is 0. The standard InChI is InChI=1S/C16H21N3OS/c1-9-6-7-12(17)8-13(9)14(20)19-16(4,5)15-18-10(2)11(3)21-15/h6-8H,17H2,1-5H3,(H,19,20). The number of carbonyl (C=O) groups excluding carboxylic acids is 1. The maximum atomic E-state index is 12.5. The van der Waals surface area contributed by atoms with E-state index in [0.29, 0.717) is 11.3 Å². The lowest BCUT2D eigenvalue weighted by Crippen LogP contribution is -2.41. The minimum Gasteiger partial charge on any atom is -0.399 e. The number of nitrogens with one attached hydrogen (secondary N) is 1. The maximum absolute atomic E-state index is 12.5. The molecule has 0 saturated carbocycles. The van der Waals surface area contributed by atoms with E-state index in [0.717, 1.165) is 16.3 Å². The second kappa shape index (κ2) is 5.48. The van der Waals surface area contributed by atoms with Crippen molar-refractivity contribution in [1.82, 2.24) is 10.3 Å². The molecule has 2 rings (SSSR count). The number of aryl methyl sites for hydroxylation is 3. The predicted octanol–water partition coefficient (Wildman–Crippen LogP) is 3.32. The van der Waals surface area contributed by atoms with Crippen LogP contribution in [0.5, 0.6) is 0 Å². The molecule has 0 spiro atoms. The van der Waals surface area contributed by atoms with Gasteiger partial charge in [-0.1, -0.05) is 6.07 Å². The van der Waals surface area contributed by atoms with Gasteiger partial charge in [0, 0.05) is 16.1 Å². The van der Waals surface area contributed by atoms with Gasteiger partial charge in [-0.3, -0.25) is 4.79 Å².